The van der Waals surface area contributed by atoms with Crippen LogP contribution in [0.15, 0.2) is 58.5 Å². The van der Waals surface area contributed by atoms with Crippen molar-refractivity contribution in [2.24, 2.45) is 5.92 Å². The van der Waals surface area contributed by atoms with Crippen LogP contribution in [0.4, 0.5) is 5.82 Å². The lowest BCUT2D eigenvalue weighted by Gasteiger charge is -2.34. The fourth-order valence-electron chi connectivity index (χ4n) is 4.54. The van der Waals surface area contributed by atoms with Crippen molar-refractivity contribution in [1.82, 2.24) is 19.7 Å². The number of H-pyrrole nitrogens is 1. The Kier molecular flexibility index (Phi) is 6.37. The van der Waals surface area contributed by atoms with Crippen LogP contribution in [0.1, 0.15) is 37.6 Å². The first-order valence-electron chi connectivity index (χ1n) is 11.1. The van der Waals surface area contributed by atoms with Crippen LogP contribution in [0, 0.1) is 5.92 Å². The van der Waals surface area contributed by atoms with Gasteiger partial charge in [-0.25, -0.2) is 23.1 Å². The third kappa shape index (κ3) is 4.76. The summed E-state index contributed by atoms with van der Waals surface area (Å²) in [5.74, 6) is 0.183. The molecular formula is C24H27N5O5S. The van der Waals surface area contributed by atoms with E-state index >= 15 is 0 Å². The van der Waals surface area contributed by atoms with Crippen LogP contribution in [-0.2, 0) is 10.0 Å². The second-order valence-corrected chi connectivity index (χ2v) is 10.8. The average Bonchev–Trinajstić information content (AvgIpc) is 3.10. The van der Waals surface area contributed by atoms with Crippen molar-refractivity contribution in [3.8, 4) is 17.1 Å². The fourth-order valence-corrected chi connectivity index (χ4v) is 5.56. The summed E-state index contributed by atoms with van der Waals surface area (Å²) in [5, 5.41) is 0. The summed E-state index contributed by atoms with van der Waals surface area (Å²) in [6, 6.07) is 9.22. The molecule has 11 heteroatoms. The first-order valence-corrected chi connectivity index (χ1v) is 12.5. The van der Waals surface area contributed by atoms with Crippen LogP contribution in [0.5, 0.6) is 5.88 Å². The van der Waals surface area contributed by atoms with E-state index < -0.39 is 26.4 Å². The lowest BCUT2D eigenvalue weighted by atomic mass is 9.97. The maximum atomic E-state index is 13.3. The van der Waals surface area contributed by atoms with E-state index in [2.05, 4.69) is 30.7 Å². The van der Waals surface area contributed by atoms with E-state index in [4.69, 9.17) is 9.72 Å². The third-order valence-corrected chi connectivity index (χ3v) is 7.34. The highest BCUT2D eigenvalue weighted by Crippen LogP contribution is 2.39. The maximum Gasteiger partial charge on any atom is 0.269 e. The summed E-state index contributed by atoms with van der Waals surface area (Å²) < 4.78 is 33.0. The lowest BCUT2D eigenvalue weighted by molar-refractivity contribution is 0.0981. The zero-order valence-electron chi connectivity index (χ0n) is 19.9. The van der Waals surface area contributed by atoms with E-state index in [0.29, 0.717) is 35.4 Å². The highest BCUT2D eigenvalue weighted by Gasteiger charge is 2.39. The molecule has 4 heterocycles. The summed E-state index contributed by atoms with van der Waals surface area (Å²) >= 11 is 0. The molecule has 1 amide bonds. The van der Waals surface area contributed by atoms with Gasteiger partial charge in [0.25, 0.3) is 21.5 Å². The number of rotatable bonds is 6. The normalized spacial score (nSPS) is 17.3. The molecule has 1 atom stereocenters. The van der Waals surface area contributed by atoms with Gasteiger partial charge in [-0.2, -0.15) is 0 Å². The van der Waals surface area contributed by atoms with E-state index in [0.717, 1.165) is 12.5 Å². The number of carbonyl (C=O) groups is 1. The number of ether oxygens (including phenoxy) is 1. The van der Waals surface area contributed by atoms with E-state index in [1.165, 1.54) is 25.4 Å². The zero-order valence-corrected chi connectivity index (χ0v) is 20.7. The molecule has 1 fully saturated rings. The molecule has 0 aliphatic carbocycles. The number of aromatic nitrogens is 3. The number of hydrogen-bond donors (Lipinski definition) is 2. The van der Waals surface area contributed by atoms with Gasteiger partial charge in [0.1, 0.15) is 5.82 Å². The predicted octanol–water partition coefficient (Wildman–Crippen LogP) is 2.58. The van der Waals surface area contributed by atoms with Crippen molar-refractivity contribution < 1.29 is 17.9 Å². The van der Waals surface area contributed by atoms with Crippen molar-refractivity contribution in [3.05, 3.63) is 64.7 Å². The molecule has 0 saturated carbocycles. The highest BCUT2D eigenvalue weighted by atomic mass is 32.2. The van der Waals surface area contributed by atoms with Gasteiger partial charge in [0.2, 0.25) is 5.88 Å². The number of hydrogen-bond acceptors (Lipinski definition) is 8. The molecule has 4 rings (SSSR count). The number of pyridine rings is 3. The molecule has 0 radical (unpaired) electrons. The van der Waals surface area contributed by atoms with Crippen LogP contribution in [-0.4, -0.2) is 48.5 Å². The van der Waals surface area contributed by atoms with Crippen LogP contribution < -0.4 is 19.9 Å². The van der Waals surface area contributed by atoms with Crippen molar-refractivity contribution in [1.29, 1.82) is 0 Å². The van der Waals surface area contributed by atoms with Gasteiger partial charge in [0.05, 0.1) is 23.9 Å². The molecule has 1 aliphatic rings. The topological polar surface area (TPSA) is 134 Å². The first-order chi connectivity index (χ1) is 16.5. The van der Waals surface area contributed by atoms with Gasteiger partial charge in [-0.3, -0.25) is 9.59 Å². The second-order valence-electron chi connectivity index (χ2n) is 9.16. The Balaban J connectivity index is 1.81. The van der Waals surface area contributed by atoms with Crippen LogP contribution >= 0.6 is 0 Å². The molecule has 1 aliphatic heterocycles. The van der Waals surface area contributed by atoms with Gasteiger partial charge >= 0.3 is 0 Å². The van der Waals surface area contributed by atoms with Gasteiger partial charge < -0.3 is 14.6 Å². The van der Waals surface area contributed by atoms with Crippen molar-refractivity contribution in [2.45, 2.75) is 37.6 Å². The Labute approximate surface area is 203 Å². The van der Waals surface area contributed by atoms with Gasteiger partial charge in [-0.1, -0.05) is 6.92 Å². The molecule has 1 saturated heterocycles. The Morgan fingerprint density at radius 1 is 1.23 bits per heavy atom. The monoisotopic (exact) mass is 497 g/mol. The zero-order chi connectivity index (χ0) is 25.4. The largest absolute Gasteiger partial charge is 0.481 e. The van der Waals surface area contributed by atoms with Crippen molar-refractivity contribution in [2.75, 3.05) is 18.6 Å². The van der Waals surface area contributed by atoms with Crippen molar-refractivity contribution >= 4 is 21.7 Å². The predicted molar refractivity (Wildman–Crippen MR) is 131 cm³/mol. The van der Waals surface area contributed by atoms with Gasteiger partial charge in [-0.15, -0.1) is 0 Å². The molecule has 184 valence electrons. The summed E-state index contributed by atoms with van der Waals surface area (Å²) in [6.07, 6.45) is 3.79. The molecule has 3 aromatic rings. The Bertz CT molecular complexity index is 1430. The molecule has 0 bridgehead atoms. The second kappa shape index (κ2) is 9.14. The van der Waals surface area contributed by atoms with Crippen LogP contribution in [0.25, 0.3) is 11.3 Å². The fraction of sp³-hybridized carbons (Fsp3) is 0.333. The highest BCUT2D eigenvalue weighted by molar-refractivity contribution is 7.90. The summed E-state index contributed by atoms with van der Waals surface area (Å²) in [7, 11) is -2.90. The minimum atomic E-state index is -4.41. The molecule has 3 aromatic heterocycles. The average molecular weight is 498 g/mol. The standard InChI is InChI=1S/C24H27N5O5S/c1-15-13-24(2,3)29(14-15)20-17(9-10-18(27-20)16-7-5-12-26-23(16)34-4)21(30)28-35(32,33)19-8-6-11-25-22(19)31/h5-12,15H,13-14H2,1-4H3,(H,25,31)(H,28,30)/t15-/m0/s1. The molecule has 0 unspecified atom stereocenters. The molecular weight excluding hydrogens is 470 g/mol. The molecule has 35 heavy (non-hydrogen) atoms. The smallest absolute Gasteiger partial charge is 0.269 e. The number of methoxy groups -OCH3 is 1. The van der Waals surface area contributed by atoms with Gasteiger partial charge in [0.15, 0.2) is 4.90 Å². The number of anilines is 1. The van der Waals surface area contributed by atoms with E-state index in [-0.39, 0.29) is 11.1 Å². The van der Waals surface area contributed by atoms with Crippen LogP contribution in [0.3, 0.4) is 0 Å². The molecule has 2 N–H and O–H groups in total. The van der Waals surface area contributed by atoms with Gasteiger partial charge in [0, 0.05) is 24.5 Å². The molecule has 0 spiro atoms. The number of nitrogens with zero attached hydrogens (tertiary/aromatic N) is 3. The number of sulfonamides is 1. The quantitative estimate of drug-likeness (QED) is 0.531. The maximum absolute atomic E-state index is 13.3. The summed E-state index contributed by atoms with van der Waals surface area (Å²) in [6.45, 7) is 6.86. The number of nitrogens with one attached hydrogen (secondary N) is 2. The number of amides is 1. The van der Waals surface area contributed by atoms with Gasteiger partial charge in [-0.05, 0) is 62.6 Å². The summed E-state index contributed by atoms with van der Waals surface area (Å²) in [4.78, 5) is 38.1. The Hall–Kier alpha value is -3.73. The first kappa shape index (κ1) is 24.4. The molecule has 0 aromatic carbocycles. The molecule has 10 nitrogen and oxygen atoms in total. The minimum Gasteiger partial charge on any atom is -0.481 e. The number of carbonyl (C=O) groups excluding carboxylic acids is 1. The Morgan fingerprint density at radius 2 is 2.00 bits per heavy atom. The van der Waals surface area contributed by atoms with E-state index in [9.17, 15) is 18.0 Å². The minimum absolute atomic E-state index is 0.0784. The third-order valence-electron chi connectivity index (χ3n) is 5.99. The van der Waals surface area contributed by atoms with E-state index in [1.54, 1.807) is 18.3 Å². The number of aromatic amines is 1. The van der Waals surface area contributed by atoms with Crippen molar-refractivity contribution in [3.63, 3.8) is 0 Å². The Morgan fingerprint density at radius 3 is 2.66 bits per heavy atom. The van der Waals surface area contributed by atoms with Crippen LogP contribution in [0.2, 0.25) is 0 Å². The van der Waals surface area contributed by atoms with E-state index in [1.807, 2.05) is 15.7 Å². The SMILES string of the molecule is COc1ncccc1-c1ccc(C(=O)NS(=O)(=O)c2ccc[nH]c2=O)c(N2C[C@@H](C)CC2(C)C)n1. The lowest BCUT2D eigenvalue weighted by Crippen LogP contribution is -2.41. The summed E-state index contributed by atoms with van der Waals surface area (Å²) in [5.41, 5.74) is 0.0967.